The van der Waals surface area contributed by atoms with Crippen LogP contribution in [0.2, 0.25) is 0 Å². The largest absolute Gasteiger partial charge is 0.480 e. The van der Waals surface area contributed by atoms with E-state index in [1.165, 1.54) is 19.4 Å². The minimum atomic E-state index is -1.50. The minimum absolute atomic E-state index is 0.0395. The van der Waals surface area contributed by atoms with E-state index in [1.54, 1.807) is 13.8 Å². The molecular weight excluding hydrogens is 548 g/mol. The van der Waals surface area contributed by atoms with Crippen molar-refractivity contribution in [2.45, 2.75) is 103 Å². The molecule has 42 heavy (non-hydrogen) atoms. The van der Waals surface area contributed by atoms with Crippen molar-refractivity contribution in [1.82, 2.24) is 31.2 Å². The second kappa shape index (κ2) is 18.1. The predicted molar refractivity (Wildman–Crippen MR) is 155 cm³/mol. The molecule has 15 heteroatoms. The molecule has 0 saturated heterocycles. The lowest BCUT2D eigenvalue weighted by Gasteiger charge is -2.28. The normalized spacial score (nSPS) is 15.7. The smallest absolute Gasteiger partial charge is 0.326 e. The molecule has 0 bridgehead atoms. The first-order valence-electron chi connectivity index (χ1n) is 14.2. The van der Waals surface area contributed by atoms with Gasteiger partial charge in [-0.15, -0.1) is 0 Å². The van der Waals surface area contributed by atoms with Crippen molar-refractivity contribution in [1.29, 1.82) is 0 Å². The number of hydrogen-bond donors (Lipinski definition) is 9. The molecule has 4 amide bonds. The molecule has 11 N–H and O–H groups in total. The van der Waals surface area contributed by atoms with E-state index in [2.05, 4.69) is 31.2 Å². The van der Waals surface area contributed by atoms with Crippen molar-refractivity contribution in [3.05, 3.63) is 18.2 Å². The maximum Gasteiger partial charge on any atom is 0.326 e. The van der Waals surface area contributed by atoms with Crippen LogP contribution >= 0.6 is 0 Å². The van der Waals surface area contributed by atoms with Crippen LogP contribution in [-0.4, -0.2) is 92.6 Å². The van der Waals surface area contributed by atoms with Gasteiger partial charge in [0, 0.05) is 18.3 Å². The highest BCUT2D eigenvalue weighted by atomic mass is 16.4. The second-order valence-electron chi connectivity index (χ2n) is 11.2. The molecule has 0 aromatic carbocycles. The Labute approximate surface area is 246 Å². The lowest BCUT2D eigenvalue weighted by Crippen LogP contribution is -2.61. The van der Waals surface area contributed by atoms with Gasteiger partial charge < -0.3 is 47.9 Å². The molecule has 238 valence electrons. The lowest BCUT2D eigenvalue weighted by atomic mass is 10.0. The van der Waals surface area contributed by atoms with Crippen LogP contribution in [0.1, 0.15) is 66.0 Å². The Kier molecular flexibility index (Phi) is 15.7. The quantitative estimate of drug-likeness (QED) is 0.0836. The number of carbonyl (C=O) groups excluding carboxylic acids is 4. The maximum absolute atomic E-state index is 13.4. The Morgan fingerprint density at radius 1 is 0.881 bits per heavy atom. The Morgan fingerprint density at radius 2 is 1.48 bits per heavy atom. The highest BCUT2D eigenvalue weighted by Gasteiger charge is 2.34. The van der Waals surface area contributed by atoms with E-state index < -0.39 is 65.9 Å². The van der Waals surface area contributed by atoms with E-state index in [0.29, 0.717) is 25.1 Å². The summed E-state index contributed by atoms with van der Waals surface area (Å²) < 4.78 is 0. The van der Waals surface area contributed by atoms with E-state index in [4.69, 9.17) is 11.5 Å². The van der Waals surface area contributed by atoms with Crippen LogP contribution in [0.5, 0.6) is 0 Å². The van der Waals surface area contributed by atoms with Gasteiger partial charge in [0.1, 0.15) is 24.2 Å². The number of aliphatic carboxylic acids is 1. The molecule has 15 nitrogen and oxygen atoms in total. The van der Waals surface area contributed by atoms with E-state index in [0.717, 1.165) is 0 Å². The van der Waals surface area contributed by atoms with Gasteiger partial charge in [0.2, 0.25) is 23.6 Å². The summed E-state index contributed by atoms with van der Waals surface area (Å²) in [5.41, 5.74) is 12.0. The van der Waals surface area contributed by atoms with Gasteiger partial charge in [-0.2, -0.15) is 0 Å². The van der Waals surface area contributed by atoms with Crippen molar-refractivity contribution < 1.29 is 34.2 Å². The molecule has 1 heterocycles. The highest BCUT2D eigenvalue weighted by molar-refractivity contribution is 5.95. The average molecular weight is 597 g/mol. The van der Waals surface area contributed by atoms with Crippen LogP contribution in [0.4, 0.5) is 0 Å². The number of aliphatic hydroxyl groups is 1. The third-order valence-electron chi connectivity index (χ3n) is 6.60. The molecule has 0 aliphatic heterocycles. The lowest BCUT2D eigenvalue weighted by molar-refractivity contribution is -0.143. The zero-order valence-corrected chi connectivity index (χ0v) is 25.1. The summed E-state index contributed by atoms with van der Waals surface area (Å²) in [5, 5.41) is 29.9. The summed E-state index contributed by atoms with van der Waals surface area (Å²) in [4.78, 5) is 70.8. The van der Waals surface area contributed by atoms with Crippen LogP contribution in [0, 0.1) is 11.8 Å². The number of aromatic nitrogens is 2. The highest BCUT2D eigenvalue weighted by Crippen LogP contribution is 2.09. The maximum atomic E-state index is 13.4. The third kappa shape index (κ3) is 12.5. The first-order valence-corrected chi connectivity index (χ1v) is 14.2. The molecule has 0 aliphatic carbocycles. The van der Waals surface area contributed by atoms with Gasteiger partial charge in [-0.25, -0.2) is 9.78 Å². The summed E-state index contributed by atoms with van der Waals surface area (Å²) in [6.45, 7) is 8.84. The molecular formula is C27H48N8O7. The number of amides is 4. The van der Waals surface area contributed by atoms with Crippen molar-refractivity contribution >= 4 is 29.6 Å². The number of imidazole rings is 1. The van der Waals surface area contributed by atoms with Gasteiger partial charge in [0.15, 0.2) is 0 Å². The van der Waals surface area contributed by atoms with Crippen LogP contribution in [-0.2, 0) is 30.4 Å². The SMILES string of the molecule is CC(C)CC(NC(=O)C(Cc1cnc[nH]1)NC(=O)C(N)C(C)C)C(=O)NC(C(=O)NC(CCCCN)C(=O)O)C(C)O. The number of nitrogens with zero attached hydrogens (tertiary/aromatic N) is 1. The van der Waals surface area contributed by atoms with Crippen molar-refractivity contribution in [2.75, 3.05) is 6.54 Å². The van der Waals surface area contributed by atoms with Crippen molar-refractivity contribution in [3.8, 4) is 0 Å². The summed E-state index contributed by atoms with van der Waals surface area (Å²) in [7, 11) is 0. The first-order chi connectivity index (χ1) is 19.7. The van der Waals surface area contributed by atoms with E-state index in [1.807, 2.05) is 13.8 Å². The van der Waals surface area contributed by atoms with E-state index in [-0.39, 0.29) is 31.1 Å². The number of carboxylic acids is 1. The zero-order valence-electron chi connectivity index (χ0n) is 25.1. The number of nitrogens with one attached hydrogen (secondary N) is 5. The fourth-order valence-electron chi connectivity index (χ4n) is 4.04. The fraction of sp³-hybridized carbons (Fsp3) is 0.704. The molecule has 6 atom stereocenters. The number of nitrogens with two attached hydrogens (primary N) is 2. The van der Waals surface area contributed by atoms with Crippen LogP contribution in [0.25, 0.3) is 0 Å². The minimum Gasteiger partial charge on any atom is -0.480 e. The Morgan fingerprint density at radius 3 is 1.98 bits per heavy atom. The molecule has 6 unspecified atom stereocenters. The Hall–Kier alpha value is -3.56. The number of unbranched alkanes of at least 4 members (excludes halogenated alkanes) is 1. The number of carbonyl (C=O) groups is 5. The van der Waals surface area contributed by atoms with Crippen molar-refractivity contribution in [3.63, 3.8) is 0 Å². The van der Waals surface area contributed by atoms with Crippen LogP contribution in [0.15, 0.2) is 12.5 Å². The number of aromatic amines is 1. The number of hydrogen-bond acceptors (Lipinski definition) is 9. The summed E-state index contributed by atoms with van der Waals surface area (Å²) in [6, 6.07) is -5.85. The summed E-state index contributed by atoms with van der Waals surface area (Å²) in [5.74, 6) is -4.39. The molecule has 0 spiro atoms. The van der Waals surface area contributed by atoms with E-state index in [9.17, 15) is 34.2 Å². The molecule has 1 rings (SSSR count). The zero-order chi connectivity index (χ0) is 32.0. The predicted octanol–water partition coefficient (Wildman–Crippen LogP) is -1.48. The summed E-state index contributed by atoms with van der Waals surface area (Å²) >= 11 is 0. The molecule has 0 aliphatic rings. The van der Waals surface area contributed by atoms with Crippen molar-refractivity contribution in [2.24, 2.45) is 23.3 Å². The van der Waals surface area contributed by atoms with Gasteiger partial charge in [-0.3, -0.25) is 19.2 Å². The number of carboxylic acid groups (broad SMARTS) is 1. The topological polar surface area (TPSA) is 255 Å². The molecule has 0 radical (unpaired) electrons. The third-order valence-corrected chi connectivity index (χ3v) is 6.60. The monoisotopic (exact) mass is 596 g/mol. The van der Waals surface area contributed by atoms with Gasteiger partial charge >= 0.3 is 5.97 Å². The standard InChI is InChI=1S/C27H48N8O7/c1-14(2)10-19(24(38)35-22(16(5)36)26(40)32-18(27(41)42)8-6-7-9-28)33-23(37)20(11-17-12-30-13-31-17)34-25(39)21(29)15(3)4/h12-16,18-22,36H,6-11,28-29H2,1-5H3,(H,30,31)(H,32,40)(H,33,37)(H,34,39)(H,35,38)(H,41,42). The first kappa shape index (κ1) is 36.5. The van der Waals surface area contributed by atoms with Crippen LogP contribution in [0.3, 0.4) is 0 Å². The molecule has 0 saturated carbocycles. The molecule has 0 fully saturated rings. The average Bonchev–Trinajstić information content (AvgIpc) is 3.42. The molecule has 1 aromatic heterocycles. The Balaban J connectivity index is 3.11. The summed E-state index contributed by atoms with van der Waals surface area (Å²) in [6.07, 6.45) is 2.89. The number of rotatable bonds is 19. The number of H-pyrrole nitrogens is 1. The second-order valence-corrected chi connectivity index (χ2v) is 11.2. The van der Waals surface area contributed by atoms with Crippen LogP contribution < -0.4 is 32.7 Å². The van der Waals surface area contributed by atoms with Gasteiger partial charge in [0.05, 0.1) is 18.5 Å². The van der Waals surface area contributed by atoms with Gasteiger partial charge in [-0.05, 0) is 51.0 Å². The van der Waals surface area contributed by atoms with E-state index >= 15 is 0 Å². The molecule has 1 aromatic rings. The Bertz CT molecular complexity index is 1020. The fourth-order valence-corrected chi connectivity index (χ4v) is 4.04. The van der Waals surface area contributed by atoms with Gasteiger partial charge in [0.25, 0.3) is 0 Å². The van der Waals surface area contributed by atoms with Gasteiger partial charge in [-0.1, -0.05) is 27.7 Å². The number of aliphatic hydroxyl groups excluding tert-OH is 1.